The molecule has 2 saturated carbocycles. The minimum atomic E-state index is -0.293. The third kappa shape index (κ3) is 2.72. The number of thiazole rings is 1. The summed E-state index contributed by atoms with van der Waals surface area (Å²) in [6, 6.07) is 15.3. The number of carbonyl (C=O) groups is 2. The summed E-state index contributed by atoms with van der Waals surface area (Å²) >= 11 is 9.06. The summed E-state index contributed by atoms with van der Waals surface area (Å²) < 4.78 is 0. The number of imide groups is 1. The van der Waals surface area contributed by atoms with Crippen molar-refractivity contribution in [1.82, 2.24) is 4.98 Å². The number of benzene rings is 2. The monoisotopic (exact) mass is 508 g/mol. The molecule has 1 saturated heterocycles. The number of nitrogens with one attached hydrogen (secondary N) is 1. The van der Waals surface area contributed by atoms with Gasteiger partial charge in [0.15, 0.2) is 0 Å². The number of halogens is 1. The molecule has 3 fully saturated rings. The number of carbonyl (C=O) groups excluding carboxylic acids is 2. The van der Waals surface area contributed by atoms with Crippen LogP contribution in [0.1, 0.15) is 28.3 Å². The maximum absolute atomic E-state index is 13.7. The van der Waals surface area contributed by atoms with Gasteiger partial charge < -0.3 is 4.98 Å². The van der Waals surface area contributed by atoms with Gasteiger partial charge in [-0.3, -0.25) is 19.3 Å². The molecular formula is C26H21ClN2O3S2. The van der Waals surface area contributed by atoms with E-state index in [0.717, 1.165) is 16.3 Å². The summed E-state index contributed by atoms with van der Waals surface area (Å²) in [6.07, 6.45) is 0.894. The zero-order valence-corrected chi connectivity index (χ0v) is 20.6. The number of rotatable bonds is 2. The maximum atomic E-state index is 13.7. The van der Waals surface area contributed by atoms with Gasteiger partial charge in [0.1, 0.15) is 0 Å². The highest BCUT2D eigenvalue weighted by atomic mass is 35.5. The second kappa shape index (κ2) is 7.33. The Balaban J connectivity index is 1.34. The largest absolute Gasteiger partial charge is 0.307 e. The third-order valence-corrected chi connectivity index (χ3v) is 11.2. The van der Waals surface area contributed by atoms with E-state index in [2.05, 4.69) is 30.1 Å². The second-order valence-corrected chi connectivity index (χ2v) is 12.4. The van der Waals surface area contributed by atoms with E-state index in [0.29, 0.717) is 10.7 Å². The summed E-state index contributed by atoms with van der Waals surface area (Å²) in [7, 11) is 0. The molecule has 2 bridgehead atoms. The standard InChI is InChI=1S/C26H21ClN2O3S2/c1-11-4-2-3-5-14(11)17-18-15-10-16(21(18)33-23-22(17)34-26(32)28-23)20-19(15)24(30)29(25(20)31)13-8-6-12(27)7-9-13/h2-9,15-21H,10H2,1H3,(H,28,32)/t15-,16-,17+,18+,19+,20+,21-/m1/s1. The van der Waals surface area contributed by atoms with Crippen LogP contribution in [0, 0.1) is 36.5 Å². The van der Waals surface area contributed by atoms with Crippen LogP contribution in [0.15, 0.2) is 58.4 Å². The highest BCUT2D eigenvalue weighted by molar-refractivity contribution is 8.00. The lowest BCUT2D eigenvalue weighted by Gasteiger charge is -2.43. The van der Waals surface area contributed by atoms with Gasteiger partial charge in [0.05, 0.1) is 22.5 Å². The molecular weight excluding hydrogens is 488 g/mol. The highest BCUT2D eigenvalue weighted by Gasteiger charge is 2.69. The minimum Gasteiger partial charge on any atom is -0.307 e. The van der Waals surface area contributed by atoms with Crippen molar-refractivity contribution in [2.24, 2.45) is 29.6 Å². The smallest absolute Gasteiger partial charge is 0.305 e. The van der Waals surface area contributed by atoms with Crippen LogP contribution in [0.3, 0.4) is 0 Å². The number of nitrogens with zero attached hydrogens (tertiary/aromatic N) is 1. The number of H-pyrrole nitrogens is 1. The van der Waals surface area contributed by atoms with Crippen molar-refractivity contribution in [3.63, 3.8) is 0 Å². The molecule has 2 aromatic carbocycles. The number of amides is 2. The molecule has 1 N–H and O–H groups in total. The number of thioether (sulfide) groups is 1. The fraction of sp³-hybridized carbons (Fsp3) is 0.346. The fourth-order valence-corrected chi connectivity index (χ4v) is 10.2. The molecule has 2 aliphatic carbocycles. The SMILES string of the molecule is Cc1ccccc1[C@@H]1c2sc(=O)[nH]c2S[C@@H]2[C@@H]3C[C@@H]([C@@H]4C(=O)N(c5ccc(Cl)cc5)C(=O)[C@@H]34)[C@@H]12. The van der Waals surface area contributed by atoms with E-state index >= 15 is 0 Å². The molecule has 2 aliphatic heterocycles. The summed E-state index contributed by atoms with van der Waals surface area (Å²) in [5.41, 5.74) is 3.02. The van der Waals surface area contributed by atoms with E-state index < -0.39 is 0 Å². The van der Waals surface area contributed by atoms with E-state index in [4.69, 9.17) is 11.6 Å². The van der Waals surface area contributed by atoms with Gasteiger partial charge >= 0.3 is 4.87 Å². The van der Waals surface area contributed by atoms with Crippen LogP contribution in [-0.2, 0) is 9.59 Å². The average Bonchev–Trinajstić information content (AvgIpc) is 3.54. The number of aromatic amines is 1. The van der Waals surface area contributed by atoms with Crippen molar-refractivity contribution < 1.29 is 9.59 Å². The Hall–Kier alpha value is -2.35. The number of fused-ring (bicyclic) bond motifs is 9. The Kier molecular flexibility index (Phi) is 4.52. The van der Waals surface area contributed by atoms with E-state index in [1.165, 1.54) is 27.4 Å². The number of aryl methyl sites for hydroxylation is 1. The van der Waals surface area contributed by atoms with Gasteiger partial charge in [-0.25, -0.2) is 0 Å². The first kappa shape index (κ1) is 21.0. The van der Waals surface area contributed by atoms with Gasteiger partial charge in [0.25, 0.3) is 0 Å². The molecule has 3 heterocycles. The Morgan fingerprint density at radius 1 is 0.971 bits per heavy atom. The minimum absolute atomic E-state index is 0.0373. The lowest BCUT2D eigenvalue weighted by atomic mass is 9.67. The summed E-state index contributed by atoms with van der Waals surface area (Å²) in [5.74, 6) is -0.207. The molecule has 2 amide bonds. The predicted molar refractivity (Wildman–Crippen MR) is 134 cm³/mol. The molecule has 7 rings (SSSR count). The first-order valence-electron chi connectivity index (χ1n) is 11.5. The zero-order valence-electron chi connectivity index (χ0n) is 18.2. The zero-order chi connectivity index (χ0) is 23.3. The van der Waals surface area contributed by atoms with Crippen LogP contribution in [0.5, 0.6) is 0 Å². The molecule has 0 radical (unpaired) electrons. The third-order valence-electron chi connectivity index (χ3n) is 8.33. The molecule has 0 spiro atoms. The van der Waals surface area contributed by atoms with E-state index in [-0.39, 0.29) is 57.4 Å². The van der Waals surface area contributed by atoms with Crippen molar-refractivity contribution in [3.05, 3.63) is 79.2 Å². The lowest BCUT2D eigenvalue weighted by Crippen LogP contribution is -2.42. The Morgan fingerprint density at radius 2 is 1.68 bits per heavy atom. The van der Waals surface area contributed by atoms with Crippen LogP contribution in [0.2, 0.25) is 5.02 Å². The summed E-state index contributed by atoms with van der Waals surface area (Å²) in [6.45, 7) is 2.11. The van der Waals surface area contributed by atoms with Gasteiger partial charge in [-0.2, -0.15) is 0 Å². The van der Waals surface area contributed by atoms with Gasteiger partial charge in [-0.1, -0.05) is 47.2 Å². The van der Waals surface area contributed by atoms with Gasteiger partial charge in [-0.15, -0.1) is 11.8 Å². The van der Waals surface area contributed by atoms with Crippen molar-refractivity contribution in [2.75, 3.05) is 4.90 Å². The van der Waals surface area contributed by atoms with Crippen LogP contribution in [0.25, 0.3) is 0 Å². The van der Waals surface area contributed by atoms with E-state index in [1.54, 1.807) is 36.0 Å². The van der Waals surface area contributed by atoms with Crippen LogP contribution in [0.4, 0.5) is 5.69 Å². The second-order valence-electron chi connectivity index (χ2n) is 9.81. The van der Waals surface area contributed by atoms with Gasteiger partial charge in [0, 0.05) is 21.1 Å². The Bertz CT molecular complexity index is 1410. The number of aromatic nitrogens is 1. The molecule has 34 heavy (non-hydrogen) atoms. The first-order chi connectivity index (χ1) is 16.4. The number of hydrogen-bond donors (Lipinski definition) is 1. The molecule has 1 aromatic heterocycles. The topological polar surface area (TPSA) is 70.2 Å². The molecule has 172 valence electrons. The summed E-state index contributed by atoms with van der Waals surface area (Å²) in [4.78, 5) is 45.2. The van der Waals surface area contributed by atoms with Gasteiger partial charge in [-0.05, 0) is 66.5 Å². The van der Waals surface area contributed by atoms with Gasteiger partial charge in [0.2, 0.25) is 11.8 Å². The van der Waals surface area contributed by atoms with Crippen molar-refractivity contribution in [2.45, 2.75) is 29.5 Å². The van der Waals surface area contributed by atoms with Crippen LogP contribution >= 0.6 is 34.7 Å². The van der Waals surface area contributed by atoms with Crippen molar-refractivity contribution in [3.8, 4) is 0 Å². The molecule has 0 unspecified atom stereocenters. The first-order valence-corrected chi connectivity index (χ1v) is 13.6. The Morgan fingerprint density at radius 3 is 2.41 bits per heavy atom. The van der Waals surface area contributed by atoms with E-state index in [1.807, 2.05) is 6.07 Å². The van der Waals surface area contributed by atoms with Crippen molar-refractivity contribution >= 4 is 52.2 Å². The molecule has 8 heteroatoms. The van der Waals surface area contributed by atoms with E-state index in [9.17, 15) is 14.4 Å². The predicted octanol–water partition coefficient (Wildman–Crippen LogP) is 5.08. The normalized spacial score (nSPS) is 33.2. The molecule has 3 aromatic rings. The highest BCUT2D eigenvalue weighted by Crippen LogP contribution is 2.68. The number of hydrogen-bond acceptors (Lipinski definition) is 5. The van der Waals surface area contributed by atoms with Crippen LogP contribution < -0.4 is 9.77 Å². The molecule has 7 atom stereocenters. The lowest BCUT2D eigenvalue weighted by molar-refractivity contribution is -0.123. The number of anilines is 1. The van der Waals surface area contributed by atoms with Crippen molar-refractivity contribution in [1.29, 1.82) is 0 Å². The molecule has 4 aliphatic rings. The summed E-state index contributed by atoms with van der Waals surface area (Å²) in [5, 5.41) is 1.72. The quantitative estimate of drug-likeness (QED) is 0.490. The Labute approximate surface area is 209 Å². The maximum Gasteiger partial charge on any atom is 0.305 e. The fourth-order valence-electron chi connectivity index (χ4n) is 7.15. The van der Waals surface area contributed by atoms with Crippen LogP contribution in [-0.4, -0.2) is 22.0 Å². The average molecular weight is 509 g/mol. The molecule has 5 nitrogen and oxygen atoms in total.